The first kappa shape index (κ1) is 23.8. The van der Waals surface area contributed by atoms with Crippen LogP contribution < -0.4 is 14.8 Å². The van der Waals surface area contributed by atoms with Gasteiger partial charge in [-0.15, -0.1) is 0 Å². The van der Waals surface area contributed by atoms with Crippen LogP contribution >= 0.6 is 22.6 Å². The van der Waals surface area contributed by atoms with E-state index < -0.39 is 21.7 Å². The molecule has 0 aliphatic carbocycles. The molecule has 3 aromatic rings. The fourth-order valence-electron chi connectivity index (χ4n) is 2.60. The molecule has 0 saturated carbocycles. The average molecular weight is 571 g/mol. The van der Waals surface area contributed by atoms with E-state index >= 15 is 0 Å². The zero-order valence-corrected chi connectivity index (χ0v) is 20.1. The molecule has 0 heterocycles. The van der Waals surface area contributed by atoms with Crippen LogP contribution in [0.2, 0.25) is 0 Å². The summed E-state index contributed by atoms with van der Waals surface area (Å²) in [5.41, 5.74) is 0.384. The molecule has 0 atom stereocenters. The van der Waals surface area contributed by atoms with Crippen LogP contribution in [-0.4, -0.2) is 27.4 Å². The summed E-state index contributed by atoms with van der Waals surface area (Å²) in [5, 5.41) is 2.60. The summed E-state index contributed by atoms with van der Waals surface area (Å²) in [4.78, 5) is 12.0. The summed E-state index contributed by atoms with van der Waals surface area (Å²) in [6, 6.07) is 14.8. The fraction of sp³-hybridized carbons (Fsp3) is 0.136. The van der Waals surface area contributed by atoms with Gasteiger partial charge in [0.1, 0.15) is 5.75 Å². The van der Waals surface area contributed by atoms with Crippen LogP contribution in [0.3, 0.4) is 0 Å². The molecule has 0 aliphatic heterocycles. The minimum Gasteiger partial charge on any atom is -0.453 e. The van der Waals surface area contributed by atoms with Gasteiger partial charge < -0.3 is 14.2 Å². The molecular formula is C22H19FINO6S. The lowest BCUT2D eigenvalue weighted by molar-refractivity contribution is 0.168. The van der Waals surface area contributed by atoms with E-state index in [4.69, 9.17) is 14.2 Å². The van der Waals surface area contributed by atoms with Crippen molar-refractivity contribution < 1.29 is 31.8 Å². The van der Waals surface area contributed by atoms with Gasteiger partial charge in [-0.2, -0.15) is 0 Å². The molecule has 0 saturated heterocycles. The van der Waals surface area contributed by atoms with Gasteiger partial charge in [0.05, 0.1) is 17.2 Å². The second kappa shape index (κ2) is 10.2. The number of hydrogen-bond donors (Lipinski definition) is 1. The largest absolute Gasteiger partial charge is 0.453 e. The SMILES string of the molecule is CCOC(=O)Nc1cc(Oc2ccccc2F)c(Oc2ccc(S(C)(=O)=O)cc2)cc1I. The van der Waals surface area contributed by atoms with Crippen LogP contribution in [0.25, 0.3) is 0 Å². The van der Waals surface area contributed by atoms with Gasteiger partial charge in [-0.25, -0.2) is 17.6 Å². The Labute approximate surface area is 198 Å². The zero-order chi connectivity index (χ0) is 23.3. The van der Waals surface area contributed by atoms with E-state index in [9.17, 15) is 17.6 Å². The van der Waals surface area contributed by atoms with E-state index in [0.717, 1.165) is 6.26 Å². The van der Waals surface area contributed by atoms with Gasteiger partial charge in [-0.05, 0) is 65.9 Å². The van der Waals surface area contributed by atoms with Gasteiger partial charge in [0.25, 0.3) is 0 Å². The van der Waals surface area contributed by atoms with Crippen molar-refractivity contribution >= 4 is 44.2 Å². The molecule has 1 amide bonds. The standard InChI is InChI=1S/C22H19FINO6S/c1-3-29-22(26)25-18-13-21(31-19-7-5-4-6-16(19)23)20(12-17(18)24)30-14-8-10-15(11-9-14)32(2,27)28/h4-13H,3H2,1-2H3,(H,25,26). The zero-order valence-electron chi connectivity index (χ0n) is 17.1. The van der Waals surface area contributed by atoms with Gasteiger partial charge in [0.2, 0.25) is 0 Å². The van der Waals surface area contributed by atoms with E-state index in [1.165, 1.54) is 48.5 Å². The predicted molar refractivity (Wildman–Crippen MR) is 126 cm³/mol. The van der Waals surface area contributed by atoms with Gasteiger partial charge in [0.15, 0.2) is 32.9 Å². The molecule has 10 heteroatoms. The number of ether oxygens (including phenoxy) is 3. The molecular weight excluding hydrogens is 552 g/mol. The molecule has 0 spiro atoms. The normalized spacial score (nSPS) is 11.0. The highest BCUT2D eigenvalue weighted by Gasteiger charge is 2.17. The Kier molecular flexibility index (Phi) is 7.56. The van der Waals surface area contributed by atoms with Crippen LogP contribution in [0.15, 0.2) is 65.6 Å². The third-order valence-electron chi connectivity index (χ3n) is 4.08. The molecule has 1 N–H and O–H groups in total. The van der Waals surface area contributed by atoms with Crippen LogP contribution in [0.5, 0.6) is 23.0 Å². The van der Waals surface area contributed by atoms with Crippen molar-refractivity contribution in [1.29, 1.82) is 0 Å². The van der Waals surface area contributed by atoms with Crippen molar-refractivity contribution in [3.63, 3.8) is 0 Å². The number of carbonyl (C=O) groups is 1. The Morgan fingerprint density at radius 2 is 1.66 bits per heavy atom. The second-order valence-electron chi connectivity index (χ2n) is 6.50. The maximum absolute atomic E-state index is 14.2. The number of nitrogens with one attached hydrogen (secondary N) is 1. The van der Waals surface area contributed by atoms with Crippen LogP contribution in [0.4, 0.5) is 14.9 Å². The highest BCUT2D eigenvalue weighted by molar-refractivity contribution is 14.1. The van der Waals surface area contributed by atoms with Crippen LogP contribution in [0.1, 0.15) is 6.92 Å². The summed E-state index contributed by atoms with van der Waals surface area (Å²) in [6.45, 7) is 1.88. The van der Waals surface area contributed by atoms with E-state index in [1.54, 1.807) is 19.1 Å². The minimum absolute atomic E-state index is 0.0342. The first-order valence-electron chi connectivity index (χ1n) is 9.35. The summed E-state index contributed by atoms with van der Waals surface area (Å²) in [7, 11) is -3.35. The van der Waals surface area contributed by atoms with Crippen LogP contribution in [0, 0.1) is 9.39 Å². The first-order valence-corrected chi connectivity index (χ1v) is 12.3. The maximum Gasteiger partial charge on any atom is 0.411 e. The summed E-state index contributed by atoms with van der Waals surface area (Å²) >= 11 is 2.00. The minimum atomic E-state index is -3.35. The second-order valence-corrected chi connectivity index (χ2v) is 9.68. The average Bonchev–Trinajstić information content (AvgIpc) is 2.73. The lowest BCUT2D eigenvalue weighted by atomic mass is 10.2. The Balaban J connectivity index is 1.98. The van der Waals surface area contributed by atoms with E-state index in [1.807, 2.05) is 22.6 Å². The first-order chi connectivity index (χ1) is 15.2. The smallest absolute Gasteiger partial charge is 0.411 e. The summed E-state index contributed by atoms with van der Waals surface area (Å²) in [5.74, 6) is 0.105. The number of halogens is 2. The van der Waals surface area contributed by atoms with Crippen molar-refractivity contribution in [3.05, 3.63) is 70.1 Å². The summed E-state index contributed by atoms with van der Waals surface area (Å²) < 4.78 is 54.6. The maximum atomic E-state index is 14.2. The molecule has 168 valence electrons. The molecule has 0 fully saturated rings. The van der Waals surface area contributed by atoms with Crippen molar-refractivity contribution in [2.45, 2.75) is 11.8 Å². The molecule has 3 aromatic carbocycles. The number of hydrogen-bond acceptors (Lipinski definition) is 6. The lowest BCUT2D eigenvalue weighted by Gasteiger charge is -2.16. The molecule has 0 unspecified atom stereocenters. The molecule has 0 aromatic heterocycles. The van der Waals surface area contributed by atoms with Crippen molar-refractivity contribution in [1.82, 2.24) is 0 Å². The van der Waals surface area contributed by atoms with Gasteiger partial charge >= 0.3 is 6.09 Å². The van der Waals surface area contributed by atoms with E-state index in [2.05, 4.69) is 5.32 Å². The lowest BCUT2D eigenvalue weighted by Crippen LogP contribution is -2.14. The number of anilines is 1. The quantitative estimate of drug-likeness (QED) is 0.351. The Morgan fingerprint density at radius 1 is 1.00 bits per heavy atom. The summed E-state index contributed by atoms with van der Waals surface area (Å²) in [6.07, 6.45) is 0.466. The molecule has 0 bridgehead atoms. The topological polar surface area (TPSA) is 90.9 Å². The predicted octanol–water partition coefficient (Wildman–Crippen LogP) is 5.99. The van der Waals surface area contributed by atoms with Gasteiger partial charge in [0, 0.05) is 22.0 Å². The fourth-order valence-corrected chi connectivity index (χ4v) is 3.80. The number of para-hydroxylation sites is 1. The number of amides is 1. The number of rotatable bonds is 7. The molecule has 3 rings (SSSR count). The highest BCUT2D eigenvalue weighted by atomic mass is 127. The van der Waals surface area contributed by atoms with E-state index in [0.29, 0.717) is 15.0 Å². The monoisotopic (exact) mass is 571 g/mol. The van der Waals surface area contributed by atoms with Gasteiger partial charge in [-0.1, -0.05) is 12.1 Å². The molecule has 32 heavy (non-hydrogen) atoms. The van der Waals surface area contributed by atoms with Crippen LogP contribution in [-0.2, 0) is 14.6 Å². The Hall–Kier alpha value is -2.86. The molecule has 0 aliphatic rings. The Morgan fingerprint density at radius 3 is 2.28 bits per heavy atom. The number of sulfone groups is 1. The Bertz CT molecular complexity index is 1230. The van der Waals surface area contributed by atoms with E-state index in [-0.39, 0.29) is 28.8 Å². The van der Waals surface area contributed by atoms with Gasteiger partial charge in [-0.3, -0.25) is 5.32 Å². The van der Waals surface area contributed by atoms with Crippen molar-refractivity contribution in [3.8, 4) is 23.0 Å². The third kappa shape index (κ3) is 6.10. The molecule has 7 nitrogen and oxygen atoms in total. The number of carbonyl (C=O) groups excluding carboxylic acids is 1. The third-order valence-corrected chi connectivity index (χ3v) is 6.10. The van der Waals surface area contributed by atoms with Crippen molar-refractivity contribution in [2.75, 3.05) is 18.2 Å². The highest BCUT2D eigenvalue weighted by Crippen LogP contribution is 2.40. The van der Waals surface area contributed by atoms with Crippen molar-refractivity contribution in [2.24, 2.45) is 0 Å². The number of benzene rings is 3. The molecule has 0 radical (unpaired) electrons.